The van der Waals surface area contributed by atoms with E-state index in [4.69, 9.17) is 0 Å². The second kappa shape index (κ2) is 9.64. The van der Waals surface area contributed by atoms with E-state index in [0.717, 1.165) is 0 Å². The molecule has 0 aliphatic carbocycles. The van der Waals surface area contributed by atoms with Crippen LogP contribution in [0.3, 0.4) is 0 Å². The molecule has 0 saturated heterocycles. The average Bonchev–Trinajstić information content (AvgIpc) is 2.19. The monoisotopic (exact) mass is 231 g/mol. The third kappa shape index (κ3) is 6.56. The zero-order chi connectivity index (χ0) is 11.6. The molecule has 0 aliphatic rings. The van der Waals surface area contributed by atoms with Crippen LogP contribution in [0.2, 0.25) is 0 Å². The summed E-state index contributed by atoms with van der Waals surface area (Å²) < 4.78 is 0. The molecule has 0 aromatic carbocycles. The highest BCUT2D eigenvalue weighted by Crippen LogP contribution is 2.60. The van der Waals surface area contributed by atoms with Crippen molar-refractivity contribution in [1.82, 2.24) is 0 Å². The molecule has 0 saturated carbocycles. The molecule has 0 N–H and O–H groups in total. The van der Waals surface area contributed by atoms with E-state index in [0.29, 0.717) is 0 Å². The van der Waals surface area contributed by atoms with Crippen LogP contribution in [-0.2, 0) is 0 Å². The van der Waals surface area contributed by atoms with E-state index in [1.807, 2.05) is 0 Å². The Bertz CT molecular complexity index is 114. The first-order valence-corrected chi connectivity index (χ1v) is 9.62. The molecule has 0 heterocycles. The van der Waals surface area contributed by atoms with Crippen LogP contribution < -0.4 is 0 Å². The topological polar surface area (TPSA) is 0 Å². The summed E-state index contributed by atoms with van der Waals surface area (Å²) in [4.78, 5) is 0. The summed E-state index contributed by atoms with van der Waals surface area (Å²) in [6, 6.07) is 0. The second-order valence-electron chi connectivity index (χ2n) is 4.94. The van der Waals surface area contributed by atoms with E-state index in [1.54, 1.807) is 24.6 Å². The number of unbranched alkanes of at least 4 members (excludes halogenated alkanes) is 2. The lowest BCUT2D eigenvalue weighted by atomic mass is 10.3. The molecule has 0 nitrogen and oxygen atoms in total. The van der Waals surface area contributed by atoms with Gasteiger partial charge in [0, 0.05) is 7.26 Å². The molecule has 0 bridgehead atoms. The van der Waals surface area contributed by atoms with Crippen molar-refractivity contribution in [2.45, 2.75) is 66.2 Å². The summed E-state index contributed by atoms with van der Waals surface area (Å²) in [7, 11) is -0.526. The van der Waals surface area contributed by atoms with Gasteiger partial charge in [-0.05, 0) is 25.7 Å². The Kier molecular flexibility index (Phi) is 9.92. The van der Waals surface area contributed by atoms with Crippen LogP contribution in [0.4, 0.5) is 0 Å². The van der Waals surface area contributed by atoms with Gasteiger partial charge in [0.2, 0.25) is 0 Å². The molecule has 0 rings (SSSR count). The lowest BCUT2D eigenvalue weighted by molar-refractivity contribution is 0.769. The van der Waals surface area contributed by atoms with Crippen LogP contribution >= 0.6 is 7.26 Å². The highest BCUT2D eigenvalue weighted by Gasteiger charge is 2.33. The standard InChI is InChI=1S/C14H32P/c1-5-9-10-14-15(11-6-2,12-7-3)13-8-4/h5-14H2,1-4H3/q+1. The van der Waals surface area contributed by atoms with Gasteiger partial charge in [0.25, 0.3) is 0 Å². The Labute approximate surface area is 98.6 Å². The molecule has 0 spiro atoms. The Morgan fingerprint density at radius 3 is 1.33 bits per heavy atom. The minimum Gasteiger partial charge on any atom is -0.0654 e. The van der Waals surface area contributed by atoms with Crippen molar-refractivity contribution in [3.63, 3.8) is 0 Å². The smallest absolute Gasteiger partial charge is 0.0594 e. The van der Waals surface area contributed by atoms with Crippen molar-refractivity contribution < 1.29 is 0 Å². The SMILES string of the molecule is CCCCC[P+](CCC)(CCC)CCC. The molecule has 0 fully saturated rings. The van der Waals surface area contributed by atoms with E-state index in [9.17, 15) is 0 Å². The van der Waals surface area contributed by atoms with Gasteiger partial charge in [0.15, 0.2) is 0 Å². The van der Waals surface area contributed by atoms with E-state index in [-0.39, 0.29) is 0 Å². The van der Waals surface area contributed by atoms with E-state index in [1.165, 1.54) is 38.5 Å². The minimum absolute atomic E-state index is 0.526. The molecule has 0 atom stereocenters. The average molecular weight is 231 g/mol. The predicted octanol–water partition coefficient (Wildman–Crippen LogP) is 5.42. The summed E-state index contributed by atoms with van der Waals surface area (Å²) in [5.41, 5.74) is 0. The van der Waals surface area contributed by atoms with Gasteiger partial charge in [-0.3, -0.25) is 0 Å². The van der Waals surface area contributed by atoms with Crippen LogP contribution in [0.1, 0.15) is 66.2 Å². The maximum absolute atomic E-state index is 2.37. The predicted molar refractivity (Wildman–Crippen MR) is 76.8 cm³/mol. The highest BCUT2D eigenvalue weighted by atomic mass is 31.2. The normalized spacial score (nSPS) is 12.0. The van der Waals surface area contributed by atoms with Gasteiger partial charge in [0.1, 0.15) is 0 Å². The zero-order valence-electron chi connectivity index (χ0n) is 11.5. The molecule has 15 heavy (non-hydrogen) atoms. The fourth-order valence-corrected chi connectivity index (χ4v) is 7.87. The van der Waals surface area contributed by atoms with Crippen molar-refractivity contribution in [1.29, 1.82) is 0 Å². The van der Waals surface area contributed by atoms with Crippen LogP contribution in [0.15, 0.2) is 0 Å². The Hall–Kier alpha value is 0.430. The molecular formula is C14H32P+. The second-order valence-corrected chi connectivity index (χ2v) is 9.42. The third-order valence-electron chi connectivity index (χ3n) is 3.33. The summed E-state index contributed by atoms with van der Waals surface area (Å²) in [5.74, 6) is 0. The molecule has 0 unspecified atom stereocenters. The zero-order valence-corrected chi connectivity index (χ0v) is 12.4. The first-order chi connectivity index (χ1) is 7.24. The molecule has 1 heteroatoms. The quantitative estimate of drug-likeness (QED) is 0.347. The van der Waals surface area contributed by atoms with Gasteiger partial charge in [-0.2, -0.15) is 0 Å². The van der Waals surface area contributed by atoms with Crippen LogP contribution in [-0.4, -0.2) is 24.6 Å². The van der Waals surface area contributed by atoms with Gasteiger partial charge < -0.3 is 0 Å². The summed E-state index contributed by atoms with van der Waals surface area (Å²) in [6.45, 7) is 9.44. The molecule has 92 valence electrons. The maximum atomic E-state index is 2.37. The minimum atomic E-state index is -0.526. The summed E-state index contributed by atoms with van der Waals surface area (Å²) >= 11 is 0. The Morgan fingerprint density at radius 1 is 0.533 bits per heavy atom. The van der Waals surface area contributed by atoms with Crippen LogP contribution in [0.5, 0.6) is 0 Å². The van der Waals surface area contributed by atoms with E-state index in [2.05, 4.69) is 27.7 Å². The molecule has 0 aromatic heterocycles. The molecular weight excluding hydrogens is 199 g/mol. The Morgan fingerprint density at radius 2 is 1.00 bits per heavy atom. The van der Waals surface area contributed by atoms with Crippen molar-refractivity contribution >= 4 is 7.26 Å². The van der Waals surface area contributed by atoms with E-state index < -0.39 is 7.26 Å². The number of rotatable bonds is 10. The lowest BCUT2D eigenvalue weighted by Gasteiger charge is -2.26. The van der Waals surface area contributed by atoms with Gasteiger partial charge in [-0.25, -0.2) is 0 Å². The molecule has 0 amide bonds. The van der Waals surface area contributed by atoms with Gasteiger partial charge >= 0.3 is 0 Å². The largest absolute Gasteiger partial charge is 0.0654 e. The molecule has 0 aromatic rings. The lowest BCUT2D eigenvalue weighted by Crippen LogP contribution is -2.11. The van der Waals surface area contributed by atoms with Crippen molar-refractivity contribution in [2.24, 2.45) is 0 Å². The van der Waals surface area contributed by atoms with Gasteiger partial charge in [-0.15, -0.1) is 0 Å². The number of hydrogen-bond donors (Lipinski definition) is 0. The summed E-state index contributed by atoms with van der Waals surface area (Å²) in [5, 5.41) is 0. The van der Waals surface area contributed by atoms with Crippen LogP contribution in [0, 0.1) is 0 Å². The first kappa shape index (κ1) is 15.4. The van der Waals surface area contributed by atoms with Crippen molar-refractivity contribution in [3.05, 3.63) is 0 Å². The highest BCUT2D eigenvalue weighted by molar-refractivity contribution is 7.75. The van der Waals surface area contributed by atoms with E-state index >= 15 is 0 Å². The van der Waals surface area contributed by atoms with Crippen molar-refractivity contribution in [3.8, 4) is 0 Å². The number of hydrogen-bond acceptors (Lipinski definition) is 0. The molecule has 0 aliphatic heterocycles. The maximum Gasteiger partial charge on any atom is 0.0594 e. The summed E-state index contributed by atoms with van der Waals surface area (Å²) in [6.07, 6.45) is 14.9. The fourth-order valence-electron chi connectivity index (χ4n) is 2.79. The van der Waals surface area contributed by atoms with Gasteiger partial charge in [-0.1, -0.05) is 40.5 Å². The third-order valence-corrected chi connectivity index (χ3v) is 8.78. The first-order valence-electron chi connectivity index (χ1n) is 7.09. The fraction of sp³-hybridized carbons (Fsp3) is 1.00. The Balaban J connectivity index is 4.18. The van der Waals surface area contributed by atoms with Crippen LogP contribution in [0.25, 0.3) is 0 Å². The van der Waals surface area contributed by atoms with Crippen molar-refractivity contribution in [2.75, 3.05) is 24.6 Å². The van der Waals surface area contributed by atoms with Gasteiger partial charge in [0.05, 0.1) is 24.6 Å². The molecule has 0 radical (unpaired) electrons.